The van der Waals surface area contributed by atoms with Crippen molar-refractivity contribution in [1.29, 1.82) is 0 Å². The first kappa shape index (κ1) is 15.5. The van der Waals surface area contributed by atoms with Crippen molar-refractivity contribution in [3.63, 3.8) is 0 Å². The highest BCUT2D eigenvalue weighted by molar-refractivity contribution is 6.35. The van der Waals surface area contributed by atoms with Gasteiger partial charge in [0.1, 0.15) is 0 Å². The standard InChI is InChI=1S/C17H11Cl2N3O/c18-12-6-7-13(19)16(10-12)20-17(23)15-9-8-14(21-22-15)11-4-2-1-3-5-11/h1-10H,(H,20,23). The molecule has 0 saturated heterocycles. The van der Waals surface area contributed by atoms with Gasteiger partial charge in [-0.15, -0.1) is 10.2 Å². The summed E-state index contributed by atoms with van der Waals surface area (Å²) < 4.78 is 0. The van der Waals surface area contributed by atoms with Crippen LogP contribution in [0.4, 0.5) is 5.69 Å². The molecule has 114 valence electrons. The van der Waals surface area contributed by atoms with Gasteiger partial charge in [-0.3, -0.25) is 4.79 Å². The number of rotatable bonds is 3. The van der Waals surface area contributed by atoms with E-state index in [0.717, 1.165) is 5.56 Å². The van der Waals surface area contributed by atoms with Crippen LogP contribution >= 0.6 is 23.2 Å². The molecule has 0 spiro atoms. The SMILES string of the molecule is O=C(Nc1cc(Cl)ccc1Cl)c1ccc(-c2ccccc2)nn1. The molecule has 1 amide bonds. The minimum atomic E-state index is -0.402. The van der Waals surface area contributed by atoms with E-state index in [9.17, 15) is 4.79 Å². The van der Waals surface area contributed by atoms with Gasteiger partial charge in [-0.2, -0.15) is 0 Å². The van der Waals surface area contributed by atoms with Crippen LogP contribution in [-0.4, -0.2) is 16.1 Å². The van der Waals surface area contributed by atoms with Gasteiger partial charge in [0, 0.05) is 10.6 Å². The van der Waals surface area contributed by atoms with Crippen molar-refractivity contribution in [3.05, 3.63) is 76.4 Å². The Kier molecular flexibility index (Phi) is 4.55. The second-order valence-corrected chi connectivity index (χ2v) is 5.59. The lowest BCUT2D eigenvalue weighted by atomic mass is 10.1. The first-order chi connectivity index (χ1) is 11.1. The average Bonchev–Trinajstić information content (AvgIpc) is 2.59. The quantitative estimate of drug-likeness (QED) is 0.749. The molecular formula is C17H11Cl2N3O. The topological polar surface area (TPSA) is 54.9 Å². The Morgan fingerprint density at radius 3 is 2.39 bits per heavy atom. The number of hydrogen-bond donors (Lipinski definition) is 1. The Balaban J connectivity index is 1.79. The lowest BCUT2D eigenvalue weighted by Crippen LogP contribution is -2.14. The summed E-state index contributed by atoms with van der Waals surface area (Å²) in [7, 11) is 0. The van der Waals surface area contributed by atoms with Crippen molar-refractivity contribution in [3.8, 4) is 11.3 Å². The lowest BCUT2D eigenvalue weighted by molar-refractivity contribution is 0.102. The maximum Gasteiger partial charge on any atom is 0.276 e. The minimum absolute atomic E-state index is 0.195. The van der Waals surface area contributed by atoms with Gasteiger partial charge in [0.15, 0.2) is 5.69 Å². The molecular weight excluding hydrogens is 333 g/mol. The summed E-state index contributed by atoms with van der Waals surface area (Å²) in [5.74, 6) is -0.402. The highest BCUT2D eigenvalue weighted by Crippen LogP contribution is 2.25. The predicted octanol–water partition coefficient (Wildman–Crippen LogP) is 4.70. The first-order valence-electron chi connectivity index (χ1n) is 6.79. The zero-order chi connectivity index (χ0) is 16.2. The molecule has 4 nitrogen and oxygen atoms in total. The van der Waals surface area contributed by atoms with Crippen molar-refractivity contribution < 1.29 is 4.79 Å². The average molecular weight is 344 g/mol. The monoisotopic (exact) mass is 343 g/mol. The maximum absolute atomic E-state index is 12.2. The minimum Gasteiger partial charge on any atom is -0.319 e. The van der Waals surface area contributed by atoms with Crippen LogP contribution in [0, 0.1) is 0 Å². The van der Waals surface area contributed by atoms with E-state index in [1.807, 2.05) is 30.3 Å². The molecule has 1 heterocycles. The smallest absolute Gasteiger partial charge is 0.276 e. The van der Waals surface area contributed by atoms with Gasteiger partial charge in [0.05, 0.1) is 16.4 Å². The zero-order valence-corrected chi connectivity index (χ0v) is 13.3. The van der Waals surface area contributed by atoms with Gasteiger partial charge in [-0.1, -0.05) is 53.5 Å². The Labute approximate surface area is 143 Å². The summed E-state index contributed by atoms with van der Waals surface area (Å²) >= 11 is 11.9. The molecule has 1 N–H and O–H groups in total. The number of benzene rings is 2. The third-order valence-electron chi connectivity index (χ3n) is 3.14. The molecule has 2 aromatic carbocycles. The molecule has 0 radical (unpaired) electrons. The van der Waals surface area contributed by atoms with E-state index in [0.29, 0.717) is 21.4 Å². The Bertz CT molecular complexity index is 836. The van der Waals surface area contributed by atoms with Crippen molar-refractivity contribution in [2.24, 2.45) is 0 Å². The van der Waals surface area contributed by atoms with E-state index in [1.54, 1.807) is 30.3 Å². The van der Waals surface area contributed by atoms with Crippen LogP contribution in [0.2, 0.25) is 10.0 Å². The third-order valence-corrected chi connectivity index (χ3v) is 3.71. The summed E-state index contributed by atoms with van der Waals surface area (Å²) in [6, 6.07) is 17.8. The summed E-state index contributed by atoms with van der Waals surface area (Å²) in [5, 5.41) is 11.6. The number of anilines is 1. The fraction of sp³-hybridized carbons (Fsp3) is 0. The van der Waals surface area contributed by atoms with E-state index in [-0.39, 0.29) is 5.69 Å². The van der Waals surface area contributed by atoms with Crippen LogP contribution in [0.1, 0.15) is 10.5 Å². The molecule has 0 bridgehead atoms. The van der Waals surface area contributed by atoms with Gasteiger partial charge < -0.3 is 5.32 Å². The van der Waals surface area contributed by atoms with E-state index < -0.39 is 5.91 Å². The van der Waals surface area contributed by atoms with Gasteiger partial charge in [0.25, 0.3) is 5.91 Å². The largest absolute Gasteiger partial charge is 0.319 e. The number of carbonyl (C=O) groups is 1. The maximum atomic E-state index is 12.2. The van der Waals surface area contributed by atoms with E-state index in [4.69, 9.17) is 23.2 Å². The van der Waals surface area contributed by atoms with Crippen LogP contribution in [0.5, 0.6) is 0 Å². The van der Waals surface area contributed by atoms with Crippen LogP contribution in [0.3, 0.4) is 0 Å². The molecule has 0 aliphatic rings. The van der Waals surface area contributed by atoms with Crippen molar-refractivity contribution in [2.45, 2.75) is 0 Å². The van der Waals surface area contributed by atoms with E-state index in [1.165, 1.54) is 0 Å². The predicted molar refractivity (Wildman–Crippen MR) is 91.9 cm³/mol. The number of aromatic nitrogens is 2. The third kappa shape index (κ3) is 3.67. The molecule has 0 unspecified atom stereocenters. The summed E-state index contributed by atoms with van der Waals surface area (Å²) in [4.78, 5) is 12.2. The Morgan fingerprint density at radius 2 is 1.70 bits per heavy atom. The molecule has 0 atom stereocenters. The van der Waals surface area contributed by atoms with Gasteiger partial charge >= 0.3 is 0 Å². The fourth-order valence-corrected chi connectivity index (χ4v) is 2.33. The summed E-state index contributed by atoms with van der Waals surface area (Å²) in [6.45, 7) is 0. The molecule has 1 aromatic heterocycles. The molecule has 3 rings (SSSR count). The molecule has 6 heteroatoms. The molecule has 0 fully saturated rings. The number of nitrogens with one attached hydrogen (secondary N) is 1. The van der Waals surface area contributed by atoms with Crippen LogP contribution in [0.15, 0.2) is 60.7 Å². The van der Waals surface area contributed by atoms with Crippen molar-refractivity contribution >= 4 is 34.8 Å². The number of carbonyl (C=O) groups excluding carboxylic acids is 1. The van der Waals surface area contributed by atoms with Crippen LogP contribution in [-0.2, 0) is 0 Å². The van der Waals surface area contributed by atoms with Crippen molar-refractivity contribution in [1.82, 2.24) is 10.2 Å². The van der Waals surface area contributed by atoms with Gasteiger partial charge in [-0.25, -0.2) is 0 Å². The van der Waals surface area contributed by atoms with E-state index in [2.05, 4.69) is 15.5 Å². The molecule has 3 aromatic rings. The zero-order valence-electron chi connectivity index (χ0n) is 11.8. The normalized spacial score (nSPS) is 10.3. The number of amides is 1. The number of nitrogens with zero attached hydrogens (tertiary/aromatic N) is 2. The van der Waals surface area contributed by atoms with Gasteiger partial charge in [0.2, 0.25) is 0 Å². The number of hydrogen-bond acceptors (Lipinski definition) is 3. The highest BCUT2D eigenvalue weighted by atomic mass is 35.5. The highest BCUT2D eigenvalue weighted by Gasteiger charge is 2.11. The Morgan fingerprint density at radius 1 is 0.913 bits per heavy atom. The first-order valence-corrected chi connectivity index (χ1v) is 7.54. The molecule has 0 aliphatic heterocycles. The second-order valence-electron chi connectivity index (χ2n) is 4.75. The molecule has 23 heavy (non-hydrogen) atoms. The van der Waals surface area contributed by atoms with E-state index >= 15 is 0 Å². The van der Waals surface area contributed by atoms with Gasteiger partial charge in [-0.05, 0) is 30.3 Å². The molecule has 0 saturated carbocycles. The van der Waals surface area contributed by atoms with Crippen molar-refractivity contribution in [2.75, 3.05) is 5.32 Å². The summed E-state index contributed by atoms with van der Waals surface area (Å²) in [6.07, 6.45) is 0. The lowest BCUT2D eigenvalue weighted by Gasteiger charge is -2.07. The van der Waals surface area contributed by atoms with Crippen LogP contribution < -0.4 is 5.32 Å². The second kappa shape index (κ2) is 6.77. The van der Waals surface area contributed by atoms with Crippen LogP contribution in [0.25, 0.3) is 11.3 Å². The number of halogens is 2. The fourth-order valence-electron chi connectivity index (χ4n) is 2.00. The summed E-state index contributed by atoms with van der Waals surface area (Å²) in [5.41, 5.74) is 2.26. The molecule has 0 aliphatic carbocycles. The Hall–Kier alpha value is -2.43.